The molecule has 0 N–H and O–H groups in total. The van der Waals surface area contributed by atoms with Gasteiger partial charge in [-0.05, 0) is 67.6 Å². The minimum Gasteiger partial charge on any atom is -0.493 e. The molecule has 1 fully saturated rings. The zero-order valence-electron chi connectivity index (χ0n) is 25.8. The van der Waals surface area contributed by atoms with Crippen LogP contribution in [-0.2, 0) is 19.6 Å². The number of amides is 1. The molecule has 1 amide bonds. The second-order valence-corrected chi connectivity index (χ2v) is 12.2. The summed E-state index contributed by atoms with van der Waals surface area (Å²) in [5, 5.41) is 0.331. The quantitative estimate of drug-likeness (QED) is 0.169. The van der Waals surface area contributed by atoms with Crippen LogP contribution in [-0.4, -0.2) is 59.1 Å². The standard InChI is InChI=1S/C35H43ClN4O3/c1-25(2)16-19-39(35(41)28-20-32(42-3)33(43-4)21-29(28)36)24-34-37-30-14-8-9-15-31(30)40(34)23-27-13-7-6-12-26(27)22-38-17-10-5-11-18-38/h6-9,12-15,20-21,25H,5,10-11,16-19,22-24H2,1-4H3. The third kappa shape index (κ3) is 7.34. The van der Waals surface area contributed by atoms with Crippen LogP contribution in [0.5, 0.6) is 11.5 Å². The van der Waals surface area contributed by atoms with Crippen molar-refractivity contribution >= 4 is 28.5 Å². The fraction of sp³-hybridized carbons (Fsp3) is 0.429. The lowest BCUT2D eigenvalue weighted by Crippen LogP contribution is -2.33. The number of aromatic nitrogens is 2. The number of carbonyl (C=O) groups excluding carboxylic acids is 1. The summed E-state index contributed by atoms with van der Waals surface area (Å²) in [6, 6.07) is 20.3. The van der Waals surface area contributed by atoms with E-state index in [1.165, 1.54) is 30.4 Å². The number of fused-ring (bicyclic) bond motifs is 1. The Morgan fingerprint density at radius 3 is 2.28 bits per heavy atom. The first-order chi connectivity index (χ1) is 20.9. The number of hydrogen-bond donors (Lipinski definition) is 0. The van der Waals surface area contributed by atoms with Crippen molar-refractivity contribution < 1.29 is 14.3 Å². The largest absolute Gasteiger partial charge is 0.493 e. The number of rotatable bonds is 12. The van der Waals surface area contributed by atoms with Crippen molar-refractivity contribution in [2.45, 2.75) is 59.2 Å². The van der Waals surface area contributed by atoms with E-state index < -0.39 is 0 Å². The average molecular weight is 603 g/mol. The number of likely N-dealkylation sites (tertiary alicyclic amines) is 1. The number of nitrogens with zero attached hydrogens (tertiary/aromatic N) is 4. The lowest BCUT2D eigenvalue weighted by Gasteiger charge is -2.27. The first-order valence-electron chi connectivity index (χ1n) is 15.3. The summed E-state index contributed by atoms with van der Waals surface area (Å²) < 4.78 is 13.2. The first kappa shape index (κ1) is 30.9. The van der Waals surface area contributed by atoms with Crippen molar-refractivity contribution in [1.82, 2.24) is 19.4 Å². The number of para-hydroxylation sites is 2. The Kier molecular flexibility index (Phi) is 10.3. The van der Waals surface area contributed by atoms with Gasteiger partial charge in [0.15, 0.2) is 11.5 Å². The molecule has 5 rings (SSSR count). The zero-order chi connectivity index (χ0) is 30.3. The van der Waals surface area contributed by atoms with Crippen LogP contribution in [0.2, 0.25) is 5.02 Å². The van der Waals surface area contributed by atoms with Gasteiger partial charge in [0.2, 0.25) is 0 Å². The molecule has 0 spiro atoms. The molecule has 1 aliphatic heterocycles. The maximum absolute atomic E-state index is 14.1. The van der Waals surface area contributed by atoms with Crippen LogP contribution in [0, 0.1) is 5.92 Å². The van der Waals surface area contributed by atoms with Crippen LogP contribution in [0.3, 0.4) is 0 Å². The molecule has 1 aromatic heterocycles. The number of halogens is 1. The molecule has 2 heterocycles. The molecule has 43 heavy (non-hydrogen) atoms. The molecule has 1 aliphatic rings. The molecule has 8 heteroatoms. The minimum atomic E-state index is -0.157. The molecule has 228 valence electrons. The van der Waals surface area contributed by atoms with E-state index in [0.717, 1.165) is 42.9 Å². The van der Waals surface area contributed by atoms with Crippen LogP contribution < -0.4 is 9.47 Å². The summed E-state index contributed by atoms with van der Waals surface area (Å²) in [5.74, 6) is 2.08. The number of piperidine rings is 1. The topological polar surface area (TPSA) is 59.8 Å². The van der Waals surface area contributed by atoms with Crippen molar-refractivity contribution in [3.8, 4) is 11.5 Å². The molecule has 0 bridgehead atoms. The van der Waals surface area contributed by atoms with Crippen molar-refractivity contribution in [2.24, 2.45) is 5.92 Å². The number of carbonyl (C=O) groups is 1. The van der Waals surface area contributed by atoms with Gasteiger partial charge < -0.3 is 18.9 Å². The van der Waals surface area contributed by atoms with Gasteiger partial charge in [-0.2, -0.15) is 0 Å². The van der Waals surface area contributed by atoms with E-state index >= 15 is 0 Å². The zero-order valence-corrected chi connectivity index (χ0v) is 26.6. The van der Waals surface area contributed by atoms with E-state index in [9.17, 15) is 4.79 Å². The van der Waals surface area contributed by atoms with E-state index in [1.54, 1.807) is 26.4 Å². The van der Waals surface area contributed by atoms with Gasteiger partial charge in [-0.15, -0.1) is 0 Å². The molecule has 3 aromatic carbocycles. The Labute approximate surface area is 260 Å². The summed E-state index contributed by atoms with van der Waals surface area (Å²) >= 11 is 6.63. The van der Waals surface area contributed by atoms with E-state index in [-0.39, 0.29) is 5.91 Å². The van der Waals surface area contributed by atoms with Crippen LogP contribution in [0.4, 0.5) is 0 Å². The molecule has 0 saturated carbocycles. The highest BCUT2D eigenvalue weighted by molar-refractivity contribution is 6.34. The van der Waals surface area contributed by atoms with Crippen molar-refractivity contribution in [1.29, 1.82) is 0 Å². The summed E-state index contributed by atoms with van der Waals surface area (Å²) in [5.41, 5.74) is 4.99. The predicted octanol–water partition coefficient (Wildman–Crippen LogP) is 7.43. The normalized spacial score (nSPS) is 13.9. The molecule has 7 nitrogen and oxygen atoms in total. The molecule has 0 unspecified atom stereocenters. The number of imidazole rings is 1. The van der Waals surface area contributed by atoms with Gasteiger partial charge in [0, 0.05) is 25.7 Å². The Morgan fingerprint density at radius 2 is 1.58 bits per heavy atom. The Bertz CT molecular complexity index is 1540. The fourth-order valence-corrected chi connectivity index (χ4v) is 6.08. The van der Waals surface area contributed by atoms with Crippen molar-refractivity contribution in [2.75, 3.05) is 33.9 Å². The van der Waals surface area contributed by atoms with Gasteiger partial charge in [0.25, 0.3) is 5.91 Å². The smallest absolute Gasteiger partial charge is 0.255 e. The molecular weight excluding hydrogens is 560 g/mol. The summed E-state index contributed by atoms with van der Waals surface area (Å²) in [4.78, 5) is 23.6. The summed E-state index contributed by atoms with van der Waals surface area (Å²) in [6.07, 6.45) is 4.71. The molecule has 1 saturated heterocycles. The minimum absolute atomic E-state index is 0.157. The first-order valence-corrected chi connectivity index (χ1v) is 15.7. The summed E-state index contributed by atoms with van der Waals surface area (Å²) in [6.45, 7) is 9.22. The van der Waals surface area contributed by atoms with Crippen LogP contribution in [0.25, 0.3) is 11.0 Å². The van der Waals surface area contributed by atoms with Crippen molar-refractivity contribution in [3.05, 3.63) is 88.2 Å². The molecular formula is C35H43ClN4O3. The van der Waals surface area contributed by atoms with Crippen LogP contribution in [0.1, 0.15) is 66.8 Å². The number of ether oxygens (including phenoxy) is 2. The van der Waals surface area contributed by atoms with Gasteiger partial charge in [-0.3, -0.25) is 9.69 Å². The average Bonchev–Trinajstić information content (AvgIpc) is 3.36. The van der Waals surface area contributed by atoms with Crippen LogP contribution >= 0.6 is 11.6 Å². The van der Waals surface area contributed by atoms with Gasteiger partial charge in [0.05, 0.1) is 42.4 Å². The Morgan fingerprint density at radius 1 is 0.930 bits per heavy atom. The predicted molar refractivity (Wildman–Crippen MR) is 173 cm³/mol. The van der Waals surface area contributed by atoms with Gasteiger partial charge >= 0.3 is 0 Å². The van der Waals surface area contributed by atoms with E-state index in [1.807, 2.05) is 17.0 Å². The number of hydrogen-bond acceptors (Lipinski definition) is 5. The van der Waals surface area contributed by atoms with E-state index in [4.69, 9.17) is 26.1 Å². The third-order valence-corrected chi connectivity index (χ3v) is 8.64. The van der Waals surface area contributed by atoms with E-state index in [2.05, 4.69) is 59.7 Å². The lowest BCUT2D eigenvalue weighted by atomic mass is 10.0. The molecule has 0 aliphatic carbocycles. The van der Waals surface area contributed by atoms with E-state index in [0.29, 0.717) is 47.6 Å². The molecule has 4 aromatic rings. The highest BCUT2D eigenvalue weighted by Gasteiger charge is 2.24. The molecule has 0 atom stereocenters. The second kappa shape index (κ2) is 14.3. The monoisotopic (exact) mass is 602 g/mol. The second-order valence-electron chi connectivity index (χ2n) is 11.8. The van der Waals surface area contributed by atoms with Gasteiger partial charge in [-0.25, -0.2) is 4.98 Å². The number of benzene rings is 3. The SMILES string of the molecule is COc1cc(Cl)c(C(=O)N(CCC(C)C)Cc2nc3ccccc3n2Cc2ccccc2CN2CCCCC2)cc1OC. The lowest BCUT2D eigenvalue weighted by molar-refractivity contribution is 0.0729. The highest BCUT2D eigenvalue weighted by Crippen LogP contribution is 2.34. The van der Waals surface area contributed by atoms with Crippen molar-refractivity contribution in [3.63, 3.8) is 0 Å². The molecule has 0 radical (unpaired) electrons. The van der Waals surface area contributed by atoms with Gasteiger partial charge in [-0.1, -0.05) is 68.3 Å². The Hall–Kier alpha value is -3.55. The highest BCUT2D eigenvalue weighted by atomic mass is 35.5. The Balaban J connectivity index is 1.50. The van der Waals surface area contributed by atoms with Gasteiger partial charge in [0.1, 0.15) is 5.82 Å². The maximum Gasteiger partial charge on any atom is 0.255 e. The van der Waals surface area contributed by atoms with Crippen LogP contribution in [0.15, 0.2) is 60.7 Å². The fourth-order valence-electron chi connectivity index (χ4n) is 5.84. The number of methoxy groups -OCH3 is 2. The maximum atomic E-state index is 14.1. The third-order valence-electron chi connectivity index (χ3n) is 8.32. The summed E-state index contributed by atoms with van der Waals surface area (Å²) in [7, 11) is 3.11.